The molecule has 0 saturated heterocycles. The Morgan fingerprint density at radius 1 is 1.00 bits per heavy atom. The predicted molar refractivity (Wildman–Crippen MR) is 156 cm³/mol. The predicted octanol–water partition coefficient (Wildman–Crippen LogP) is 3.65. The molecule has 11 nitrogen and oxygen atoms in total. The fourth-order valence-electron chi connectivity index (χ4n) is 5.31. The zero-order valence-corrected chi connectivity index (χ0v) is 23.4. The van der Waals surface area contributed by atoms with Crippen LogP contribution in [0, 0.1) is 5.92 Å². The number of H-pyrrole nitrogens is 1. The van der Waals surface area contributed by atoms with Crippen LogP contribution in [0.25, 0.3) is 33.7 Å². The molecule has 3 heterocycles. The van der Waals surface area contributed by atoms with Gasteiger partial charge in [-0.15, -0.1) is 10.2 Å². The Morgan fingerprint density at radius 3 is 2.46 bits per heavy atom. The number of ether oxygens (including phenoxy) is 1. The molecule has 1 aliphatic rings. The van der Waals surface area contributed by atoms with Crippen LogP contribution < -0.4 is 11.2 Å². The normalized spacial score (nSPS) is 13.3. The molecule has 1 aliphatic carbocycles. The van der Waals surface area contributed by atoms with E-state index in [1.807, 2.05) is 28.8 Å². The summed E-state index contributed by atoms with van der Waals surface area (Å²) in [6.45, 7) is 3.69. The number of nitrogens with one attached hydrogen (secondary N) is 1. The third-order valence-electron chi connectivity index (χ3n) is 7.72. The van der Waals surface area contributed by atoms with Crippen molar-refractivity contribution in [2.45, 2.75) is 58.7 Å². The van der Waals surface area contributed by atoms with Gasteiger partial charge >= 0.3 is 5.69 Å². The van der Waals surface area contributed by atoms with E-state index >= 15 is 0 Å². The Labute approximate surface area is 236 Å². The largest absolute Gasteiger partial charge is 0.383 e. The summed E-state index contributed by atoms with van der Waals surface area (Å²) in [5.41, 5.74) is 4.32. The molecule has 1 N–H and O–H groups in total. The van der Waals surface area contributed by atoms with E-state index in [9.17, 15) is 9.59 Å². The van der Waals surface area contributed by atoms with E-state index < -0.39 is 0 Å². The number of fused-ring (bicyclic) bond motifs is 1. The summed E-state index contributed by atoms with van der Waals surface area (Å²) in [4.78, 5) is 32.2. The standard InChI is InChI=1S/C30H34N8O3/c1-3-4-9-25-31-28-26(29(39)36(16-17-41-2)30(40)38(28)19-20-10-11-20)37(25)18-21-12-14-22(15-13-21)23-7-5-6-8-24(23)27-32-34-35-33-27/h5-8,12-15,20H,3-4,9-11,16-19H2,1-2H3,(H,32,33,34,35). The first-order chi connectivity index (χ1) is 20.1. The first-order valence-electron chi connectivity index (χ1n) is 14.2. The minimum absolute atomic E-state index is 0.207. The number of tetrazole rings is 1. The van der Waals surface area contributed by atoms with E-state index in [4.69, 9.17) is 9.72 Å². The molecule has 1 saturated carbocycles. The van der Waals surface area contributed by atoms with Crippen LogP contribution in [0.4, 0.5) is 0 Å². The fraction of sp³-hybridized carbons (Fsp3) is 0.400. The van der Waals surface area contributed by atoms with Crippen molar-refractivity contribution in [1.29, 1.82) is 0 Å². The number of hydrogen-bond acceptors (Lipinski definition) is 7. The third kappa shape index (κ3) is 5.37. The summed E-state index contributed by atoms with van der Waals surface area (Å²) in [5.74, 6) is 1.83. The van der Waals surface area contributed by atoms with Crippen molar-refractivity contribution >= 4 is 11.2 Å². The summed E-state index contributed by atoms with van der Waals surface area (Å²) in [7, 11) is 1.57. The zero-order chi connectivity index (χ0) is 28.3. The van der Waals surface area contributed by atoms with Crippen molar-refractivity contribution in [3.8, 4) is 22.5 Å². The maximum absolute atomic E-state index is 13.8. The van der Waals surface area contributed by atoms with Crippen LogP contribution in [0.1, 0.15) is 44.0 Å². The van der Waals surface area contributed by atoms with E-state index in [1.54, 1.807) is 11.7 Å². The molecule has 0 spiro atoms. The van der Waals surface area contributed by atoms with E-state index in [1.165, 1.54) is 4.57 Å². The van der Waals surface area contributed by atoms with Gasteiger partial charge in [-0.25, -0.2) is 9.78 Å². The summed E-state index contributed by atoms with van der Waals surface area (Å²) in [5, 5.41) is 14.5. The highest BCUT2D eigenvalue weighted by atomic mass is 16.5. The fourth-order valence-corrected chi connectivity index (χ4v) is 5.31. The van der Waals surface area contributed by atoms with Gasteiger partial charge in [-0.2, -0.15) is 5.21 Å². The molecular formula is C30H34N8O3. The Bertz CT molecular complexity index is 1760. The Morgan fingerprint density at radius 2 is 1.78 bits per heavy atom. The van der Waals surface area contributed by atoms with Crippen molar-refractivity contribution in [2.75, 3.05) is 13.7 Å². The maximum atomic E-state index is 13.8. The van der Waals surface area contributed by atoms with Crippen molar-refractivity contribution in [1.82, 2.24) is 39.3 Å². The second kappa shape index (κ2) is 11.6. The number of rotatable bonds is 12. The van der Waals surface area contributed by atoms with E-state index in [-0.39, 0.29) is 24.4 Å². The number of hydrogen-bond donors (Lipinski definition) is 1. The van der Waals surface area contributed by atoms with E-state index in [0.717, 1.165) is 60.2 Å². The summed E-state index contributed by atoms with van der Waals surface area (Å²) in [6, 6.07) is 16.2. The van der Waals surface area contributed by atoms with Crippen LogP contribution in [0.5, 0.6) is 0 Å². The number of aryl methyl sites for hydroxylation is 1. The molecule has 0 radical (unpaired) electrons. The van der Waals surface area contributed by atoms with Gasteiger partial charge in [0.25, 0.3) is 5.56 Å². The van der Waals surface area contributed by atoms with Gasteiger partial charge in [0.2, 0.25) is 5.82 Å². The number of nitrogens with zero attached hydrogens (tertiary/aromatic N) is 7. The zero-order valence-electron chi connectivity index (χ0n) is 23.4. The summed E-state index contributed by atoms with van der Waals surface area (Å²) < 4.78 is 10.3. The quantitative estimate of drug-likeness (QED) is 0.250. The van der Waals surface area contributed by atoms with Crippen LogP contribution in [-0.2, 0) is 30.8 Å². The molecule has 0 amide bonds. The number of imidazole rings is 1. The van der Waals surface area contributed by atoms with Crippen molar-refractivity contribution < 1.29 is 4.74 Å². The van der Waals surface area contributed by atoms with Gasteiger partial charge in [0.05, 0.1) is 13.2 Å². The highest BCUT2D eigenvalue weighted by molar-refractivity contribution is 5.80. The van der Waals surface area contributed by atoms with Gasteiger partial charge in [0, 0.05) is 32.2 Å². The number of aromatic nitrogens is 8. The highest BCUT2D eigenvalue weighted by Crippen LogP contribution is 2.32. The SMILES string of the molecule is CCCCc1nc2c(c(=O)n(CCOC)c(=O)n2CC2CC2)n1Cc1ccc(-c2ccccc2-c2nn[nH]n2)cc1. The van der Waals surface area contributed by atoms with E-state index in [2.05, 4.69) is 51.8 Å². The lowest BCUT2D eigenvalue weighted by molar-refractivity contribution is 0.184. The molecule has 2 aromatic carbocycles. The molecule has 212 valence electrons. The topological polar surface area (TPSA) is 126 Å². The molecule has 0 unspecified atom stereocenters. The molecule has 0 aliphatic heterocycles. The highest BCUT2D eigenvalue weighted by Gasteiger charge is 2.27. The van der Waals surface area contributed by atoms with Gasteiger partial charge in [-0.3, -0.25) is 13.9 Å². The second-order valence-corrected chi connectivity index (χ2v) is 10.7. The number of unbranched alkanes of at least 4 members (excludes halogenated alkanes) is 1. The van der Waals surface area contributed by atoms with Crippen LogP contribution in [-0.4, -0.2) is 53.0 Å². The maximum Gasteiger partial charge on any atom is 0.332 e. The van der Waals surface area contributed by atoms with Crippen molar-refractivity contribution in [3.05, 3.63) is 80.8 Å². The molecular weight excluding hydrogens is 520 g/mol. The first kappa shape index (κ1) is 26.8. The molecule has 11 heteroatoms. The van der Waals surface area contributed by atoms with Gasteiger partial charge in [0.1, 0.15) is 5.82 Å². The lowest BCUT2D eigenvalue weighted by Crippen LogP contribution is -2.41. The van der Waals surface area contributed by atoms with Gasteiger partial charge < -0.3 is 9.30 Å². The van der Waals surface area contributed by atoms with Crippen molar-refractivity contribution in [3.63, 3.8) is 0 Å². The molecule has 0 bridgehead atoms. The molecule has 5 aromatic rings. The number of methoxy groups -OCH3 is 1. The van der Waals surface area contributed by atoms with Crippen molar-refractivity contribution in [2.24, 2.45) is 5.92 Å². The molecule has 3 aromatic heterocycles. The molecule has 1 fully saturated rings. The third-order valence-corrected chi connectivity index (χ3v) is 7.72. The van der Waals surface area contributed by atoms with Crippen LogP contribution in [0.3, 0.4) is 0 Å². The lowest BCUT2D eigenvalue weighted by Gasteiger charge is -2.13. The Hall–Kier alpha value is -4.38. The van der Waals surface area contributed by atoms with Gasteiger partial charge in [-0.05, 0) is 47.1 Å². The molecule has 41 heavy (non-hydrogen) atoms. The summed E-state index contributed by atoms with van der Waals surface area (Å²) >= 11 is 0. The first-order valence-corrected chi connectivity index (χ1v) is 14.2. The Balaban J connectivity index is 1.42. The minimum atomic E-state index is -0.310. The van der Waals surface area contributed by atoms with Crippen LogP contribution in [0.2, 0.25) is 0 Å². The average molecular weight is 555 g/mol. The molecule has 0 atom stereocenters. The van der Waals surface area contributed by atoms with Gasteiger partial charge in [0.15, 0.2) is 11.2 Å². The monoisotopic (exact) mass is 554 g/mol. The second-order valence-electron chi connectivity index (χ2n) is 10.7. The minimum Gasteiger partial charge on any atom is -0.383 e. The van der Waals surface area contributed by atoms with Crippen LogP contribution >= 0.6 is 0 Å². The smallest absolute Gasteiger partial charge is 0.332 e. The van der Waals surface area contributed by atoms with E-state index in [0.29, 0.717) is 36.0 Å². The number of benzene rings is 2. The number of aromatic amines is 1. The molecule has 6 rings (SSSR count). The summed E-state index contributed by atoms with van der Waals surface area (Å²) in [6.07, 6.45) is 4.87. The van der Waals surface area contributed by atoms with Crippen LogP contribution in [0.15, 0.2) is 58.1 Å². The Kier molecular flexibility index (Phi) is 7.60. The average Bonchev–Trinajstić information content (AvgIpc) is 3.51. The lowest BCUT2D eigenvalue weighted by atomic mass is 9.98. The van der Waals surface area contributed by atoms with Gasteiger partial charge in [-0.1, -0.05) is 61.9 Å².